The molecule has 0 amide bonds. The van der Waals surface area contributed by atoms with E-state index in [0.717, 1.165) is 11.1 Å². The molecule has 2 unspecified atom stereocenters. The highest BCUT2D eigenvalue weighted by Gasteiger charge is 2.61. The molecule has 0 aliphatic carbocycles. The average Bonchev–Trinajstić information content (AvgIpc) is 3.38. The van der Waals surface area contributed by atoms with Gasteiger partial charge in [-0.2, -0.15) is 18.4 Å². The molecular weight excluding hydrogens is 526 g/mol. The Morgan fingerprint density at radius 1 is 1.25 bits per heavy atom. The minimum atomic E-state index is -6.09. The van der Waals surface area contributed by atoms with Gasteiger partial charge in [-0.05, 0) is 23.8 Å². The van der Waals surface area contributed by atoms with Gasteiger partial charge in [0.1, 0.15) is 37.3 Å². The first-order valence-electron chi connectivity index (χ1n) is 10.1. The zero-order chi connectivity index (χ0) is 26.7. The third kappa shape index (κ3) is 5.93. The number of imidazole rings is 1. The first-order chi connectivity index (χ1) is 16.8. The largest absolute Gasteiger partial charge is 0.741 e. The van der Waals surface area contributed by atoms with E-state index in [1.807, 2.05) is 39.7 Å². The Labute approximate surface area is 209 Å². The highest BCUT2D eigenvalue weighted by atomic mass is 35.5. The third-order valence-corrected chi connectivity index (χ3v) is 6.15. The Bertz CT molecular complexity index is 1400. The molecule has 0 N–H and O–H groups in total. The van der Waals surface area contributed by atoms with Crippen LogP contribution in [0.3, 0.4) is 0 Å². The van der Waals surface area contributed by atoms with Crippen molar-refractivity contribution in [2.24, 2.45) is 0 Å². The number of benzene rings is 2. The lowest BCUT2D eigenvalue weighted by Gasteiger charge is -2.13. The van der Waals surface area contributed by atoms with Crippen molar-refractivity contribution in [1.82, 2.24) is 4.57 Å². The number of rotatable bonds is 6. The minimum Gasteiger partial charge on any atom is -0.741 e. The van der Waals surface area contributed by atoms with Crippen LogP contribution in [0.25, 0.3) is 0 Å². The molecule has 2 heterocycles. The number of aromatic nitrogens is 2. The Kier molecular flexibility index (Phi) is 7.90. The van der Waals surface area contributed by atoms with Gasteiger partial charge in [0, 0.05) is 10.6 Å². The van der Waals surface area contributed by atoms with Crippen molar-refractivity contribution in [3.8, 4) is 6.07 Å². The highest BCUT2D eigenvalue weighted by Crippen LogP contribution is 2.59. The molecule has 1 aliphatic heterocycles. The van der Waals surface area contributed by atoms with Crippen molar-refractivity contribution >= 4 is 21.7 Å². The number of alkyl halides is 3. The molecule has 2 atom stereocenters. The normalized spacial score (nSPS) is 19.1. The molecule has 0 radical (unpaired) electrons. The average molecular weight is 544 g/mol. The van der Waals surface area contributed by atoms with Crippen LogP contribution >= 0.6 is 11.6 Å². The van der Waals surface area contributed by atoms with Gasteiger partial charge in [0.15, 0.2) is 15.7 Å². The number of allylic oxidation sites excluding steroid dienone is 1. The predicted octanol–water partition coefficient (Wildman–Crippen LogP) is 4.34. The molecule has 13 heteroatoms. The van der Waals surface area contributed by atoms with Crippen LogP contribution in [0.4, 0.5) is 17.6 Å². The number of nitriles is 1. The van der Waals surface area contributed by atoms with Gasteiger partial charge in [-0.1, -0.05) is 54.6 Å². The summed E-state index contributed by atoms with van der Waals surface area (Å²) < 4.78 is 82.3. The smallest absolute Gasteiger partial charge is 0.485 e. The van der Waals surface area contributed by atoms with E-state index >= 15 is 0 Å². The van der Waals surface area contributed by atoms with Crippen LogP contribution < -0.4 is 4.57 Å². The molecule has 7 nitrogen and oxygen atoms in total. The lowest BCUT2D eigenvalue weighted by molar-refractivity contribution is -0.686. The van der Waals surface area contributed by atoms with E-state index < -0.39 is 21.2 Å². The molecule has 0 spiro atoms. The first-order valence-corrected chi connectivity index (χ1v) is 11.9. The van der Waals surface area contributed by atoms with Crippen LogP contribution in [0.15, 0.2) is 73.7 Å². The van der Waals surface area contributed by atoms with Gasteiger partial charge in [0.25, 0.3) is 0 Å². The SMILES string of the molecule is C=CC[n+]1cc(C#N)n(CC2(c3ccc(F)cc3)OC2c2ccccc2Cl)c1.O=S(=O)([O-])C(F)(F)F. The number of hydrogen-bond donors (Lipinski definition) is 0. The third-order valence-electron chi connectivity index (χ3n) is 5.24. The molecule has 1 fully saturated rings. The van der Waals surface area contributed by atoms with Crippen LogP contribution in [0, 0.1) is 17.1 Å². The second-order valence-electron chi connectivity index (χ2n) is 7.67. The number of ether oxygens (including phenoxy) is 1. The van der Waals surface area contributed by atoms with Gasteiger partial charge >= 0.3 is 5.51 Å². The van der Waals surface area contributed by atoms with Crippen LogP contribution in [0.1, 0.15) is 22.9 Å². The molecule has 190 valence electrons. The minimum absolute atomic E-state index is 0.284. The van der Waals surface area contributed by atoms with E-state index in [1.54, 1.807) is 24.4 Å². The quantitative estimate of drug-likeness (QED) is 0.115. The monoisotopic (exact) mass is 543 g/mol. The number of epoxide rings is 1. The second-order valence-corrected chi connectivity index (χ2v) is 9.45. The van der Waals surface area contributed by atoms with Crippen LogP contribution in [-0.4, -0.2) is 23.0 Å². The summed E-state index contributed by atoms with van der Waals surface area (Å²) in [5.74, 6) is -0.309. The van der Waals surface area contributed by atoms with E-state index in [2.05, 4.69) is 12.6 Å². The van der Waals surface area contributed by atoms with E-state index in [0.29, 0.717) is 23.8 Å². The molecule has 1 aromatic heterocycles. The molecule has 1 saturated heterocycles. The lowest BCUT2D eigenvalue weighted by atomic mass is 9.91. The van der Waals surface area contributed by atoms with Crippen LogP contribution in [0.5, 0.6) is 0 Å². The van der Waals surface area contributed by atoms with Gasteiger partial charge in [-0.15, -0.1) is 0 Å². The summed E-state index contributed by atoms with van der Waals surface area (Å²) in [5.41, 5.74) is -4.15. The zero-order valence-corrected chi connectivity index (χ0v) is 19.9. The standard InChI is InChI=1S/C22H18ClFN3O.CHF3O3S/c1-2-11-26-13-18(12-25)27(15-26)14-22(16-7-9-17(24)10-8-16)21(28-22)19-5-3-4-6-20(19)23;2-1(3,4)8(5,6)7/h2-10,13,15,21H,1,11,14H2;(H,5,6,7)/q+1;/p-1. The van der Waals surface area contributed by atoms with Gasteiger partial charge < -0.3 is 9.29 Å². The summed E-state index contributed by atoms with van der Waals surface area (Å²) in [4.78, 5) is 0. The Hall–Kier alpha value is -3.24. The maximum absolute atomic E-state index is 13.5. The molecule has 1 aliphatic rings. The summed E-state index contributed by atoms with van der Waals surface area (Å²) in [6.07, 6.45) is 5.11. The van der Waals surface area contributed by atoms with Gasteiger partial charge in [-0.25, -0.2) is 21.9 Å². The maximum Gasteiger partial charge on any atom is 0.485 e. The number of nitrogens with zero attached hydrogens (tertiary/aromatic N) is 3. The van der Waals surface area contributed by atoms with Gasteiger partial charge in [0.2, 0.25) is 12.0 Å². The number of hydrogen-bond acceptors (Lipinski definition) is 5. The summed E-state index contributed by atoms with van der Waals surface area (Å²) in [7, 11) is -6.09. The summed E-state index contributed by atoms with van der Waals surface area (Å²) in [6.45, 7) is 4.74. The van der Waals surface area contributed by atoms with Gasteiger partial charge in [0.05, 0.1) is 0 Å². The van der Waals surface area contributed by atoms with Crippen molar-refractivity contribution < 1.29 is 39.8 Å². The van der Waals surface area contributed by atoms with E-state index in [4.69, 9.17) is 29.3 Å². The van der Waals surface area contributed by atoms with E-state index in [9.17, 15) is 22.8 Å². The predicted molar refractivity (Wildman–Crippen MR) is 119 cm³/mol. The lowest BCUT2D eigenvalue weighted by Crippen LogP contribution is -2.30. The molecule has 0 bridgehead atoms. The zero-order valence-electron chi connectivity index (χ0n) is 18.3. The molecule has 0 saturated carbocycles. The Morgan fingerprint density at radius 3 is 2.39 bits per heavy atom. The Balaban J connectivity index is 0.000000392. The second kappa shape index (κ2) is 10.4. The fourth-order valence-corrected chi connectivity index (χ4v) is 3.80. The van der Waals surface area contributed by atoms with Crippen molar-refractivity contribution in [1.29, 1.82) is 5.26 Å². The van der Waals surface area contributed by atoms with Crippen LogP contribution in [0.2, 0.25) is 5.02 Å². The maximum atomic E-state index is 13.5. The Morgan fingerprint density at radius 2 is 1.86 bits per heavy atom. The van der Waals surface area contributed by atoms with Crippen LogP contribution in [-0.2, 0) is 33.5 Å². The van der Waals surface area contributed by atoms with Crippen molar-refractivity contribution in [2.75, 3.05) is 0 Å². The van der Waals surface area contributed by atoms with E-state index in [-0.39, 0.29) is 11.9 Å². The fraction of sp³-hybridized carbons (Fsp3) is 0.217. The van der Waals surface area contributed by atoms with Crippen molar-refractivity contribution in [3.05, 3.63) is 101 Å². The molecule has 3 aromatic rings. The van der Waals surface area contributed by atoms with Crippen molar-refractivity contribution in [3.63, 3.8) is 0 Å². The summed E-state index contributed by atoms with van der Waals surface area (Å²) in [6, 6.07) is 16.0. The van der Waals surface area contributed by atoms with E-state index in [1.165, 1.54) is 12.1 Å². The highest BCUT2D eigenvalue weighted by molar-refractivity contribution is 7.86. The molecule has 36 heavy (non-hydrogen) atoms. The fourth-order valence-electron chi connectivity index (χ4n) is 3.57. The first kappa shape index (κ1) is 27.3. The number of halogens is 5. The molecule has 4 rings (SSSR count). The topological polar surface area (TPSA) is 102 Å². The summed E-state index contributed by atoms with van der Waals surface area (Å²) >= 11 is 6.39. The summed E-state index contributed by atoms with van der Waals surface area (Å²) in [5, 5.41) is 10.1. The molecular formula is C23H18ClF4N3O4S. The van der Waals surface area contributed by atoms with Gasteiger partial charge in [-0.3, -0.25) is 0 Å². The van der Waals surface area contributed by atoms with Crippen molar-refractivity contribution in [2.45, 2.75) is 30.3 Å². The molecule has 2 aromatic carbocycles.